The molecule has 4 rings (SSSR count). The zero-order valence-corrected chi connectivity index (χ0v) is 12.9. The summed E-state index contributed by atoms with van der Waals surface area (Å²) in [6.07, 6.45) is 6.22. The Balaban J connectivity index is 1.69. The summed E-state index contributed by atoms with van der Waals surface area (Å²) in [4.78, 5) is 19.8. The Hall–Kier alpha value is -2.82. The van der Waals surface area contributed by atoms with Crippen LogP contribution in [0.2, 0.25) is 0 Å². The van der Waals surface area contributed by atoms with Crippen LogP contribution in [0.3, 0.4) is 0 Å². The average Bonchev–Trinajstić information content (AvgIpc) is 2.63. The van der Waals surface area contributed by atoms with Gasteiger partial charge in [-0.1, -0.05) is 24.3 Å². The fourth-order valence-corrected chi connectivity index (χ4v) is 3.12. The summed E-state index contributed by atoms with van der Waals surface area (Å²) in [5.41, 5.74) is 2.80. The molecule has 23 heavy (non-hydrogen) atoms. The lowest BCUT2D eigenvalue weighted by Gasteiger charge is -2.36. The lowest BCUT2D eigenvalue weighted by atomic mass is 9.94. The summed E-state index contributed by atoms with van der Waals surface area (Å²) in [7, 11) is 0. The van der Waals surface area contributed by atoms with Gasteiger partial charge in [0.25, 0.3) is 0 Å². The summed E-state index contributed by atoms with van der Waals surface area (Å²) in [6.45, 7) is 3.17. The summed E-state index contributed by atoms with van der Waals surface area (Å²) in [5.74, 6) is 2.04. The van der Waals surface area contributed by atoms with E-state index < -0.39 is 0 Å². The first-order valence-corrected chi connectivity index (χ1v) is 7.78. The van der Waals surface area contributed by atoms with Crippen LogP contribution in [-0.4, -0.2) is 26.5 Å². The molecular weight excluding hydrogens is 286 g/mol. The van der Waals surface area contributed by atoms with Gasteiger partial charge in [-0.15, -0.1) is 0 Å². The zero-order valence-electron chi connectivity index (χ0n) is 12.9. The quantitative estimate of drug-likeness (QED) is 0.728. The van der Waals surface area contributed by atoms with E-state index in [2.05, 4.69) is 56.0 Å². The Morgan fingerprint density at radius 3 is 2.57 bits per heavy atom. The van der Waals surface area contributed by atoms with Gasteiger partial charge in [0.15, 0.2) is 11.6 Å². The van der Waals surface area contributed by atoms with Crippen molar-refractivity contribution < 1.29 is 0 Å². The Labute approximate surface area is 135 Å². The van der Waals surface area contributed by atoms with E-state index in [1.165, 1.54) is 11.1 Å². The van der Waals surface area contributed by atoms with Crippen LogP contribution in [0, 0.1) is 0 Å². The molecule has 0 N–H and O–H groups in total. The van der Waals surface area contributed by atoms with Gasteiger partial charge in [-0.25, -0.2) is 19.9 Å². The van der Waals surface area contributed by atoms with Gasteiger partial charge >= 0.3 is 0 Å². The third-order valence-corrected chi connectivity index (χ3v) is 4.30. The van der Waals surface area contributed by atoms with E-state index >= 15 is 0 Å². The van der Waals surface area contributed by atoms with E-state index in [0.717, 1.165) is 18.8 Å². The molecule has 1 aromatic carbocycles. The smallest absolute Gasteiger partial charge is 0.199 e. The molecule has 3 aromatic rings. The van der Waals surface area contributed by atoms with E-state index in [1.54, 1.807) is 24.7 Å². The van der Waals surface area contributed by atoms with Crippen molar-refractivity contribution in [2.75, 3.05) is 11.4 Å². The second-order valence-electron chi connectivity index (χ2n) is 5.63. The molecule has 1 aliphatic rings. The Bertz CT molecular complexity index is 818. The number of nitrogens with zero attached hydrogens (tertiary/aromatic N) is 5. The molecule has 0 saturated carbocycles. The van der Waals surface area contributed by atoms with Crippen molar-refractivity contribution in [2.45, 2.75) is 19.4 Å². The Morgan fingerprint density at radius 2 is 1.70 bits per heavy atom. The molecule has 0 saturated heterocycles. The number of benzene rings is 1. The zero-order chi connectivity index (χ0) is 15.6. The van der Waals surface area contributed by atoms with Crippen molar-refractivity contribution in [1.29, 1.82) is 0 Å². The van der Waals surface area contributed by atoms with Gasteiger partial charge in [0.2, 0.25) is 0 Å². The van der Waals surface area contributed by atoms with E-state index in [4.69, 9.17) is 0 Å². The van der Waals surface area contributed by atoms with Crippen LogP contribution in [0.25, 0.3) is 11.6 Å². The highest BCUT2D eigenvalue weighted by Crippen LogP contribution is 2.32. The number of rotatable bonds is 2. The molecule has 3 heterocycles. The molecule has 0 spiro atoms. The predicted molar refractivity (Wildman–Crippen MR) is 89.0 cm³/mol. The van der Waals surface area contributed by atoms with Crippen molar-refractivity contribution in [1.82, 2.24) is 19.9 Å². The molecule has 0 amide bonds. The number of hydrogen-bond donors (Lipinski definition) is 0. The van der Waals surface area contributed by atoms with Gasteiger partial charge in [0, 0.05) is 25.1 Å². The number of hydrogen-bond acceptors (Lipinski definition) is 5. The Morgan fingerprint density at radius 1 is 0.913 bits per heavy atom. The van der Waals surface area contributed by atoms with Crippen LogP contribution in [0.4, 0.5) is 5.82 Å². The minimum Gasteiger partial charge on any atom is -0.349 e. The van der Waals surface area contributed by atoms with Crippen molar-refractivity contribution >= 4 is 5.82 Å². The van der Waals surface area contributed by atoms with Crippen molar-refractivity contribution in [3.63, 3.8) is 0 Å². The molecule has 1 aliphatic heterocycles. The van der Waals surface area contributed by atoms with Crippen molar-refractivity contribution in [3.8, 4) is 11.6 Å². The van der Waals surface area contributed by atoms with E-state index in [1.807, 2.05) is 6.07 Å². The van der Waals surface area contributed by atoms with Gasteiger partial charge in [-0.05, 0) is 36.6 Å². The molecule has 2 aromatic heterocycles. The molecule has 0 bridgehead atoms. The van der Waals surface area contributed by atoms with Gasteiger partial charge in [-0.3, -0.25) is 0 Å². The normalized spacial score (nSPS) is 16.9. The summed E-state index contributed by atoms with van der Waals surface area (Å²) in [5, 5.41) is 0. The first kappa shape index (κ1) is 13.8. The maximum absolute atomic E-state index is 4.68. The van der Waals surface area contributed by atoms with Crippen LogP contribution < -0.4 is 4.90 Å². The largest absolute Gasteiger partial charge is 0.349 e. The highest BCUT2D eigenvalue weighted by atomic mass is 15.2. The van der Waals surface area contributed by atoms with E-state index in [0.29, 0.717) is 17.7 Å². The SMILES string of the molecule is CC1c2ccccc2CCN1c1ccnc(-c2ncccn2)n1. The minimum absolute atomic E-state index is 0.291. The van der Waals surface area contributed by atoms with Crippen LogP contribution in [0.15, 0.2) is 55.0 Å². The minimum atomic E-state index is 0.291. The fraction of sp³-hybridized carbons (Fsp3) is 0.222. The van der Waals surface area contributed by atoms with Gasteiger partial charge in [0.1, 0.15) is 5.82 Å². The monoisotopic (exact) mass is 303 g/mol. The predicted octanol–water partition coefficient (Wildman–Crippen LogP) is 3.06. The van der Waals surface area contributed by atoms with Crippen LogP contribution in [0.1, 0.15) is 24.1 Å². The topological polar surface area (TPSA) is 54.8 Å². The lowest BCUT2D eigenvalue weighted by molar-refractivity contribution is 0.616. The van der Waals surface area contributed by atoms with Gasteiger partial charge in [0.05, 0.1) is 6.04 Å². The Kier molecular flexibility index (Phi) is 3.46. The molecule has 0 fully saturated rings. The summed E-state index contributed by atoms with van der Waals surface area (Å²) < 4.78 is 0. The third kappa shape index (κ3) is 2.54. The molecule has 5 nitrogen and oxygen atoms in total. The van der Waals surface area contributed by atoms with Crippen LogP contribution in [0.5, 0.6) is 0 Å². The number of anilines is 1. The summed E-state index contributed by atoms with van der Waals surface area (Å²) in [6, 6.07) is 12.7. The molecule has 1 unspecified atom stereocenters. The van der Waals surface area contributed by atoms with E-state index in [9.17, 15) is 0 Å². The number of fused-ring (bicyclic) bond motifs is 1. The summed E-state index contributed by atoms with van der Waals surface area (Å²) >= 11 is 0. The molecular formula is C18H17N5. The van der Waals surface area contributed by atoms with Crippen LogP contribution >= 0.6 is 0 Å². The maximum Gasteiger partial charge on any atom is 0.199 e. The lowest BCUT2D eigenvalue weighted by Crippen LogP contribution is -2.34. The second-order valence-corrected chi connectivity index (χ2v) is 5.63. The standard InChI is InChI=1S/C18H17N5/c1-13-15-6-3-2-5-14(15)8-12-23(13)16-7-11-21-18(22-16)17-19-9-4-10-20-17/h2-7,9-11,13H,8,12H2,1H3. The molecule has 1 atom stereocenters. The van der Waals surface area contributed by atoms with Crippen LogP contribution in [-0.2, 0) is 6.42 Å². The molecule has 114 valence electrons. The third-order valence-electron chi connectivity index (χ3n) is 4.30. The molecule has 0 aliphatic carbocycles. The molecule has 0 radical (unpaired) electrons. The van der Waals surface area contributed by atoms with Gasteiger partial charge < -0.3 is 4.90 Å². The average molecular weight is 303 g/mol. The van der Waals surface area contributed by atoms with E-state index in [-0.39, 0.29) is 0 Å². The number of aromatic nitrogens is 4. The highest BCUT2D eigenvalue weighted by molar-refractivity contribution is 5.51. The second kappa shape index (κ2) is 5.76. The maximum atomic E-state index is 4.68. The molecule has 5 heteroatoms. The first-order valence-electron chi connectivity index (χ1n) is 7.78. The van der Waals surface area contributed by atoms with Crippen molar-refractivity contribution in [2.24, 2.45) is 0 Å². The van der Waals surface area contributed by atoms with Gasteiger partial charge in [-0.2, -0.15) is 0 Å². The fourth-order valence-electron chi connectivity index (χ4n) is 3.12. The van der Waals surface area contributed by atoms with Crippen molar-refractivity contribution in [3.05, 3.63) is 66.1 Å². The first-order chi connectivity index (χ1) is 11.3. The highest BCUT2D eigenvalue weighted by Gasteiger charge is 2.24.